The van der Waals surface area contributed by atoms with Crippen molar-refractivity contribution in [3.63, 3.8) is 0 Å². The lowest BCUT2D eigenvalue weighted by Crippen LogP contribution is -2.17. The Morgan fingerprint density at radius 1 is 1.44 bits per heavy atom. The normalized spacial score (nSPS) is 10.7. The van der Waals surface area contributed by atoms with Gasteiger partial charge in [0.15, 0.2) is 0 Å². The predicted molar refractivity (Wildman–Crippen MR) is 71.8 cm³/mol. The van der Waals surface area contributed by atoms with E-state index < -0.39 is 0 Å². The van der Waals surface area contributed by atoms with Gasteiger partial charge < -0.3 is 10.2 Å². The molecule has 1 N–H and O–H groups in total. The van der Waals surface area contributed by atoms with E-state index in [1.165, 1.54) is 6.20 Å². The fourth-order valence-electron chi connectivity index (χ4n) is 1.54. The maximum atomic E-state index is 11.9. The molecule has 0 bridgehead atoms. The van der Waals surface area contributed by atoms with E-state index in [2.05, 4.69) is 5.32 Å². The van der Waals surface area contributed by atoms with Crippen molar-refractivity contribution in [3.05, 3.63) is 41.6 Å². The number of nitriles is 1. The summed E-state index contributed by atoms with van der Waals surface area (Å²) in [6.45, 7) is 2.02. The van der Waals surface area contributed by atoms with Gasteiger partial charge in [0.05, 0.1) is 0 Å². The van der Waals surface area contributed by atoms with Gasteiger partial charge in [-0.05, 0) is 18.1 Å². The van der Waals surface area contributed by atoms with Crippen molar-refractivity contribution in [3.8, 4) is 6.07 Å². The number of anilines is 1. The molecule has 1 amide bonds. The first-order valence-corrected chi connectivity index (χ1v) is 5.76. The molecule has 0 unspecified atom stereocenters. The molecule has 0 aliphatic rings. The van der Waals surface area contributed by atoms with Gasteiger partial charge in [0.1, 0.15) is 11.6 Å². The summed E-state index contributed by atoms with van der Waals surface area (Å²) in [5.41, 5.74) is 1.89. The molecule has 0 atom stereocenters. The quantitative estimate of drug-likeness (QED) is 0.651. The topological polar surface area (TPSA) is 56.1 Å². The average Bonchev–Trinajstić information content (AvgIpc) is 2.36. The summed E-state index contributed by atoms with van der Waals surface area (Å²) in [5, 5.41) is 11.7. The van der Waals surface area contributed by atoms with Crippen LogP contribution in [0.2, 0.25) is 0 Å². The first-order valence-electron chi connectivity index (χ1n) is 5.76. The number of carbonyl (C=O) groups is 1. The van der Waals surface area contributed by atoms with E-state index in [0.29, 0.717) is 0 Å². The second-order valence-corrected chi connectivity index (χ2v) is 4.08. The Kier molecular flexibility index (Phi) is 4.94. The van der Waals surface area contributed by atoms with Crippen LogP contribution in [-0.2, 0) is 11.2 Å². The molecule has 0 aromatic heterocycles. The highest BCUT2D eigenvalue weighted by molar-refractivity contribution is 6.06. The number of nitrogens with zero attached hydrogens (tertiary/aromatic N) is 2. The van der Waals surface area contributed by atoms with Crippen molar-refractivity contribution in [1.29, 1.82) is 5.26 Å². The third-order valence-corrected chi connectivity index (χ3v) is 2.40. The van der Waals surface area contributed by atoms with Crippen LogP contribution in [0.1, 0.15) is 12.5 Å². The first kappa shape index (κ1) is 13.8. The lowest BCUT2D eigenvalue weighted by Gasteiger charge is -2.10. The van der Waals surface area contributed by atoms with E-state index in [0.717, 1.165) is 17.7 Å². The van der Waals surface area contributed by atoms with Crippen molar-refractivity contribution in [2.75, 3.05) is 19.4 Å². The van der Waals surface area contributed by atoms with Gasteiger partial charge in [-0.15, -0.1) is 0 Å². The first-order chi connectivity index (χ1) is 8.58. The second kappa shape index (κ2) is 6.45. The Bertz CT molecular complexity index is 498. The molecule has 0 spiro atoms. The van der Waals surface area contributed by atoms with E-state index in [1.807, 2.05) is 37.3 Å². The Morgan fingerprint density at radius 3 is 2.67 bits per heavy atom. The highest BCUT2D eigenvalue weighted by Gasteiger charge is 2.11. The van der Waals surface area contributed by atoms with Gasteiger partial charge in [-0.3, -0.25) is 4.79 Å². The smallest absolute Gasteiger partial charge is 0.267 e. The van der Waals surface area contributed by atoms with Gasteiger partial charge in [-0.1, -0.05) is 25.1 Å². The van der Waals surface area contributed by atoms with Crippen LogP contribution < -0.4 is 5.32 Å². The van der Waals surface area contributed by atoms with E-state index >= 15 is 0 Å². The van der Waals surface area contributed by atoms with Crippen LogP contribution in [-0.4, -0.2) is 24.9 Å². The van der Waals surface area contributed by atoms with Gasteiger partial charge in [0.25, 0.3) is 5.91 Å². The molecule has 4 nitrogen and oxygen atoms in total. The molecule has 0 aliphatic carbocycles. The molecular weight excluding hydrogens is 226 g/mol. The fourth-order valence-corrected chi connectivity index (χ4v) is 1.54. The van der Waals surface area contributed by atoms with Gasteiger partial charge in [0, 0.05) is 26.0 Å². The predicted octanol–water partition coefficient (Wildman–Crippen LogP) is 2.16. The number of amides is 1. The Labute approximate surface area is 108 Å². The second-order valence-electron chi connectivity index (χ2n) is 4.08. The van der Waals surface area contributed by atoms with Gasteiger partial charge in [-0.2, -0.15) is 5.26 Å². The lowest BCUT2D eigenvalue weighted by molar-refractivity contribution is -0.112. The zero-order valence-electron chi connectivity index (χ0n) is 10.9. The number of para-hydroxylation sites is 1. The van der Waals surface area contributed by atoms with Crippen LogP contribution in [0.3, 0.4) is 0 Å². The zero-order chi connectivity index (χ0) is 13.5. The number of hydrogen-bond donors (Lipinski definition) is 1. The number of carbonyl (C=O) groups excluding carboxylic acids is 1. The summed E-state index contributed by atoms with van der Waals surface area (Å²) >= 11 is 0. The van der Waals surface area contributed by atoms with Crippen LogP contribution in [0.4, 0.5) is 5.69 Å². The Hall–Kier alpha value is -2.28. The molecular formula is C14H17N3O. The molecule has 0 saturated carbocycles. The van der Waals surface area contributed by atoms with Gasteiger partial charge in [-0.25, -0.2) is 0 Å². The molecule has 0 radical (unpaired) electrons. The molecule has 1 rings (SSSR count). The van der Waals surface area contributed by atoms with Crippen molar-refractivity contribution in [2.45, 2.75) is 13.3 Å². The molecule has 0 aliphatic heterocycles. The number of benzene rings is 1. The molecule has 1 aromatic rings. The van der Waals surface area contributed by atoms with Crippen molar-refractivity contribution in [2.24, 2.45) is 0 Å². The largest absolute Gasteiger partial charge is 0.382 e. The Morgan fingerprint density at radius 2 is 2.11 bits per heavy atom. The molecule has 4 heteroatoms. The minimum absolute atomic E-state index is 0.0888. The fraction of sp³-hybridized carbons (Fsp3) is 0.286. The summed E-state index contributed by atoms with van der Waals surface area (Å²) < 4.78 is 0. The van der Waals surface area contributed by atoms with Crippen LogP contribution in [0.5, 0.6) is 0 Å². The Balaban J connectivity index is 2.91. The van der Waals surface area contributed by atoms with E-state index in [9.17, 15) is 4.79 Å². The SMILES string of the molecule is CCc1ccccc1NC(=O)C(C#N)=CN(C)C. The van der Waals surface area contributed by atoms with Gasteiger partial charge in [0.2, 0.25) is 0 Å². The summed E-state index contributed by atoms with van der Waals surface area (Å²) in [5.74, 6) is -0.382. The van der Waals surface area contributed by atoms with E-state index in [4.69, 9.17) is 5.26 Å². The van der Waals surface area contributed by atoms with E-state index in [-0.39, 0.29) is 11.5 Å². The standard InChI is InChI=1S/C14H17N3O/c1-4-11-7-5-6-8-13(11)16-14(18)12(9-15)10-17(2)3/h5-8,10H,4H2,1-3H3,(H,16,18). The van der Waals surface area contributed by atoms with Crippen LogP contribution in [0, 0.1) is 11.3 Å². The molecule has 1 aromatic carbocycles. The number of nitrogens with one attached hydrogen (secondary N) is 1. The summed E-state index contributed by atoms with van der Waals surface area (Å²) in [4.78, 5) is 13.6. The van der Waals surface area contributed by atoms with Crippen LogP contribution >= 0.6 is 0 Å². The monoisotopic (exact) mass is 243 g/mol. The zero-order valence-corrected chi connectivity index (χ0v) is 10.9. The number of aryl methyl sites for hydroxylation is 1. The molecule has 0 heterocycles. The highest BCUT2D eigenvalue weighted by atomic mass is 16.1. The highest BCUT2D eigenvalue weighted by Crippen LogP contribution is 2.16. The van der Waals surface area contributed by atoms with Gasteiger partial charge >= 0.3 is 0 Å². The molecule has 0 saturated heterocycles. The molecule has 18 heavy (non-hydrogen) atoms. The number of hydrogen-bond acceptors (Lipinski definition) is 3. The summed E-state index contributed by atoms with van der Waals surface area (Å²) in [6.07, 6.45) is 2.33. The molecule has 0 fully saturated rings. The maximum absolute atomic E-state index is 11.9. The minimum atomic E-state index is -0.382. The van der Waals surface area contributed by atoms with E-state index in [1.54, 1.807) is 19.0 Å². The van der Waals surface area contributed by atoms with Crippen molar-refractivity contribution >= 4 is 11.6 Å². The van der Waals surface area contributed by atoms with Crippen molar-refractivity contribution < 1.29 is 4.79 Å². The third kappa shape index (κ3) is 3.63. The van der Waals surface area contributed by atoms with Crippen LogP contribution in [0.15, 0.2) is 36.0 Å². The third-order valence-electron chi connectivity index (χ3n) is 2.40. The minimum Gasteiger partial charge on any atom is -0.382 e. The lowest BCUT2D eigenvalue weighted by atomic mass is 10.1. The molecule has 94 valence electrons. The van der Waals surface area contributed by atoms with Crippen molar-refractivity contribution in [1.82, 2.24) is 4.90 Å². The summed E-state index contributed by atoms with van der Waals surface area (Å²) in [6, 6.07) is 9.47. The average molecular weight is 243 g/mol. The maximum Gasteiger partial charge on any atom is 0.267 e. The number of rotatable bonds is 4. The van der Waals surface area contributed by atoms with Crippen LogP contribution in [0.25, 0.3) is 0 Å². The summed E-state index contributed by atoms with van der Waals surface area (Å²) in [7, 11) is 3.54.